The van der Waals surface area contributed by atoms with Crippen LogP contribution in [0, 0.1) is 0 Å². The number of piperazine rings is 1. The molecule has 2 amide bonds. The maximum atomic E-state index is 12.8. The van der Waals surface area contributed by atoms with Crippen LogP contribution in [0.2, 0.25) is 0 Å². The number of fused-ring (bicyclic) bond motifs is 2. The summed E-state index contributed by atoms with van der Waals surface area (Å²) in [5.41, 5.74) is 8.06. The van der Waals surface area contributed by atoms with Gasteiger partial charge in [-0.25, -0.2) is 9.97 Å². The van der Waals surface area contributed by atoms with E-state index in [1.54, 1.807) is 16.2 Å². The van der Waals surface area contributed by atoms with Gasteiger partial charge in [-0.3, -0.25) is 19.1 Å². The lowest BCUT2D eigenvalue weighted by molar-refractivity contribution is -0.137. The number of anilines is 1. The summed E-state index contributed by atoms with van der Waals surface area (Å²) in [6.07, 6.45) is 0.752. The lowest BCUT2D eigenvalue weighted by atomic mass is 10.2. The van der Waals surface area contributed by atoms with Gasteiger partial charge in [0.15, 0.2) is 5.82 Å². The Bertz CT molecular complexity index is 1510. The Kier molecular flexibility index (Phi) is 6.68. The molecule has 0 radical (unpaired) electrons. The molecule has 0 atom stereocenters. The zero-order valence-corrected chi connectivity index (χ0v) is 22.1. The lowest BCUT2D eigenvalue weighted by Gasteiger charge is -2.33. The summed E-state index contributed by atoms with van der Waals surface area (Å²) in [6.45, 7) is 6.86. The number of nitrogens with zero attached hydrogens (tertiary/aromatic N) is 7. The third-order valence-corrected chi connectivity index (χ3v) is 8.08. The second-order valence-electron chi connectivity index (χ2n) is 9.57. The SMILES string of the molecule is CCc1nc2ccccc2n1-c1nc(N2CCOCC2)c2sc(CN3CCN(CC(N)=O)CC3=O)cc2n1. The fourth-order valence-corrected chi connectivity index (χ4v) is 6.25. The number of hydrogen-bond acceptors (Lipinski definition) is 9. The van der Waals surface area contributed by atoms with E-state index < -0.39 is 5.91 Å². The van der Waals surface area contributed by atoms with Crippen LogP contribution in [0.1, 0.15) is 17.6 Å². The quantitative estimate of drug-likeness (QED) is 0.379. The highest BCUT2D eigenvalue weighted by Gasteiger charge is 2.27. The highest BCUT2D eigenvalue weighted by molar-refractivity contribution is 7.19. The van der Waals surface area contributed by atoms with E-state index in [1.165, 1.54) is 0 Å². The van der Waals surface area contributed by atoms with Crippen LogP contribution in [0.15, 0.2) is 30.3 Å². The fourth-order valence-electron chi connectivity index (χ4n) is 5.12. The molecule has 2 fully saturated rings. The van der Waals surface area contributed by atoms with E-state index in [0.29, 0.717) is 38.8 Å². The first-order chi connectivity index (χ1) is 18.5. The molecule has 0 spiro atoms. The molecule has 0 unspecified atom stereocenters. The largest absolute Gasteiger partial charge is 0.378 e. The number of ether oxygens (including phenoxy) is 1. The number of imidazole rings is 1. The molecule has 3 aromatic heterocycles. The van der Waals surface area contributed by atoms with Crippen LogP contribution in [-0.2, 0) is 27.3 Å². The van der Waals surface area contributed by atoms with Gasteiger partial charge < -0.3 is 20.3 Å². The number of primary amides is 1. The lowest BCUT2D eigenvalue weighted by Crippen LogP contribution is -2.51. The van der Waals surface area contributed by atoms with Gasteiger partial charge in [0.25, 0.3) is 0 Å². The van der Waals surface area contributed by atoms with Crippen molar-refractivity contribution in [2.24, 2.45) is 5.73 Å². The van der Waals surface area contributed by atoms with Crippen molar-refractivity contribution in [1.82, 2.24) is 29.3 Å². The first-order valence-corrected chi connectivity index (χ1v) is 13.7. The summed E-state index contributed by atoms with van der Waals surface area (Å²) in [5, 5.41) is 0. The molecule has 2 aliphatic heterocycles. The Morgan fingerprint density at radius 2 is 1.89 bits per heavy atom. The second kappa shape index (κ2) is 10.3. The maximum absolute atomic E-state index is 12.8. The molecule has 1 aromatic carbocycles. The summed E-state index contributed by atoms with van der Waals surface area (Å²) < 4.78 is 8.67. The minimum Gasteiger partial charge on any atom is -0.378 e. The van der Waals surface area contributed by atoms with Crippen LogP contribution < -0.4 is 10.6 Å². The molecule has 0 aliphatic carbocycles. The van der Waals surface area contributed by atoms with Crippen molar-refractivity contribution in [3.05, 3.63) is 41.0 Å². The van der Waals surface area contributed by atoms with Gasteiger partial charge in [-0.05, 0) is 18.2 Å². The fraction of sp³-hybridized carbons (Fsp3) is 0.423. The third kappa shape index (κ3) is 4.70. The van der Waals surface area contributed by atoms with Crippen LogP contribution in [0.25, 0.3) is 27.2 Å². The molecule has 198 valence electrons. The van der Waals surface area contributed by atoms with Gasteiger partial charge in [-0.2, -0.15) is 4.98 Å². The molecule has 4 aromatic rings. The molecule has 5 heterocycles. The van der Waals surface area contributed by atoms with Crippen LogP contribution >= 0.6 is 11.3 Å². The molecule has 11 nitrogen and oxygen atoms in total. The van der Waals surface area contributed by atoms with Crippen molar-refractivity contribution in [1.29, 1.82) is 0 Å². The van der Waals surface area contributed by atoms with E-state index in [4.69, 9.17) is 25.4 Å². The van der Waals surface area contributed by atoms with Crippen LogP contribution in [-0.4, -0.2) is 93.6 Å². The Balaban J connectivity index is 1.38. The van der Waals surface area contributed by atoms with Gasteiger partial charge in [0.05, 0.1) is 54.1 Å². The number of aromatic nitrogens is 4. The first kappa shape index (κ1) is 24.7. The smallest absolute Gasteiger partial charge is 0.238 e. The number of rotatable bonds is 7. The first-order valence-electron chi connectivity index (χ1n) is 12.9. The number of amides is 2. The monoisotopic (exact) mass is 534 g/mol. The van der Waals surface area contributed by atoms with Gasteiger partial charge in [0, 0.05) is 37.5 Å². The highest BCUT2D eigenvalue weighted by atomic mass is 32.1. The normalized spacial score (nSPS) is 17.1. The van der Waals surface area contributed by atoms with E-state index >= 15 is 0 Å². The number of carbonyl (C=O) groups excluding carboxylic acids is 2. The Labute approximate surface area is 223 Å². The van der Waals surface area contributed by atoms with Crippen molar-refractivity contribution in [3.63, 3.8) is 0 Å². The molecular weight excluding hydrogens is 504 g/mol. The third-order valence-electron chi connectivity index (χ3n) is 6.97. The number of aryl methyl sites for hydroxylation is 1. The van der Waals surface area contributed by atoms with E-state index in [0.717, 1.165) is 57.3 Å². The molecule has 2 aliphatic rings. The zero-order chi connectivity index (χ0) is 26.2. The summed E-state index contributed by atoms with van der Waals surface area (Å²) >= 11 is 1.63. The summed E-state index contributed by atoms with van der Waals surface area (Å²) in [7, 11) is 0. The number of hydrogen-bond donors (Lipinski definition) is 1. The van der Waals surface area contributed by atoms with Gasteiger partial charge in [-0.1, -0.05) is 19.1 Å². The van der Waals surface area contributed by atoms with E-state index in [-0.39, 0.29) is 19.0 Å². The molecule has 0 bridgehead atoms. The molecule has 2 N–H and O–H groups in total. The van der Waals surface area contributed by atoms with Crippen molar-refractivity contribution in [2.75, 3.05) is 57.4 Å². The standard InChI is InChI=1S/C26H30N8O3S/c1-2-22-28-18-5-3-4-6-20(18)34(22)26-29-19-13-17(14-33-8-7-31(15-21(27)35)16-23(33)36)38-24(19)25(30-26)32-9-11-37-12-10-32/h3-6,13H,2,7-12,14-16H2,1H3,(H2,27,35). The van der Waals surface area contributed by atoms with Crippen LogP contribution in [0.5, 0.6) is 0 Å². The Morgan fingerprint density at radius 1 is 1.08 bits per heavy atom. The predicted molar refractivity (Wildman–Crippen MR) is 146 cm³/mol. The van der Waals surface area contributed by atoms with Gasteiger partial charge >= 0.3 is 0 Å². The number of nitrogens with two attached hydrogens (primary N) is 1. The number of para-hydroxylation sites is 2. The topological polar surface area (TPSA) is 123 Å². The van der Waals surface area contributed by atoms with Gasteiger partial charge in [-0.15, -0.1) is 11.3 Å². The van der Waals surface area contributed by atoms with Crippen molar-refractivity contribution in [3.8, 4) is 5.95 Å². The summed E-state index contributed by atoms with van der Waals surface area (Å²) in [5.74, 6) is 1.98. The van der Waals surface area contributed by atoms with Crippen molar-refractivity contribution < 1.29 is 14.3 Å². The van der Waals surface area contributed by atoms with Crippen LogP contribution in [0.3, 0.4) is 0 Å². The molecular formula is C26H30N8O3S. The average molecular weight is 535 g/mol. The maximum Gasteiger partial charge on any atom is 0.238 e. The molecule has 6 rings (SSSR count). The van der Waals surface area contributed by atoms with E-state index in [2.05, 4.69) is 22.5 Å². The number of morpholine rings is 1. The molecule has 12 heteroatoms. The highest BCUT2D eigenvalue weighted by Crippen LogP contribution is 2.35. The van der Waals surface area contributed by atoms with Crippen LogP contribution in [0.4, 0.5) is 5.82 Å². The number of benzene rings is 1. The Hall–Kier alpha value is -3.61. The van der Waals surface area contributed by atoms with Crippen molar-refractivity contribution in [2.45, 2.75) is 19.9 Å². The van der Waals surface area contributed by atoms with Gasteiger partial charge in [0.1, 0.15) is 5.82 Å². The van der Waals surface area contributed by atoms with Crippen molar-refractivity contribution >= 4 is 50.2 Å². The zero-order valence-electron chi connectivity index (χ0n) is 21.3. The number of carbonyl (C=O) groups is 2. The predicted octanol–water partition coefficient (Wildman–Crippen LogP) is 1.56. The average Bonchev–Trinajstić information content (AvgIpc) is 3.50. The second-order valence-corrected chi connectivity index (χ2v) is 10.7. The molecule has 0 saturated carbocycles. The van der Waals surface area contributed by atoms with E-state index in [9.17, 15) is 9.59 Å². The van der Waals surface area contributed by atoms with Gasteiger partial charge in [0.2, 0.25) is 17.8 Å². The van der Waals surface area contributed by atoms with E-state index in [1.807, 2.05) is 29.2 Å². The Morgan fingerprint density at radius 3 is 2.66 bits per heavy atom. The minimum absolute atomic E-state index is 0.00685. The molecule has 38 heavy (non-hydrogen) atoms. The summed E-state index contributed by atoms with van der Waals surface area (Å²) in [6, 6.07) is 10.1. The summed E-state index contributed by atoms with van der Waals surface area (Å²) in [4.78, 5) is 45.9. The number of thiophene rings is 1. The molecule has 2 saturated heterocycles. The minimum atomic E-state index is -0.419.